The average molecular weight is 502 g/mol. The predicted octanol–water partition coefficient (Wildman–Crippen LogP) is 5.38. The van der Waals surface area contributed by atoms with Gasteiger partial charge in [-0.1, -0.05) is 12.1 Å². The van der Waals surface area contributed by atoms with Gasteiger partial charge < -0.3 is 14.8 Å². The molecule has 0 unspecified atom stereocenters. The van der Waals surface area contributed by atoms with Crippen LogP contribution in [0.4, 0.5) is 13.2 Å². The number of ether oxygens (including phenoxy) is 1. The summed E-state index contributed by atoms with van der Waals surface area (Å²) in [5, 5.41) is 10.4. The van der Waals surface area contributed by atoms with Crippen LogP contribution in [0.15, 0.2) is 42.6 Å². The number of aromatic amines is 1. The van der Waals surface area contributed by atoms with Crippen LogP contribution in [0.3, 0.4) is 0 Å². The topological polar surface area (TPSA) is 68.8 Å². The lowest BCUT2D eigenvalue weighted by Gasteiger charge is -2.49. The summed E-state index contributed by atoms with van der Waals surface area (Å²) in [5.41, 5.74) is 4.36. The number of nitrogens with one attached hydrogen (secondary N) is 1. The first-order valence-electron chi connectivity index (χ1n) is 12.2. The predicted molar refractivity (Wildman–Crippen MR) is 130 cm³/mol. The minimum atomic E-state index is -4.13. The van der Waals surface area contributed by atoms with Crippen LogP contribution in [0.25, 0.3) is 10.9 Å². The van der Waals surface area contributed by atoms with E-state index in [0.29, 0.717) is 26.2 Å². The van der Waals surface area contributed by atoms with Crippen molar-refractivity contribution in [2.75, 3.05) is 26.7 Å². The molecule has 2 fully saturated rings. The fourth-order valence-corrected chi connectivity index (χ4v) is 5.66. The molecule has 3 aromatic rings. The molecule has 192 valence electrons. The van der Waals surface area contributed by atoms with Gasteiger partial charge in [-0.2, -0.15) is 13.2 Å². The number of carbonyl (C=O) groups is 1. The summed E-state index contributed by atoms with van der Waals surface area (Å²) < 4.78 is 45.0. The smallest absolute Gasteiger partial charge is 0.391 e. The Kier molecular flexibility index (Phi) is 6.46. The first-order chi connectivity index (χ1) is 17.2. The quantitative estimate of drug-likeness (QED) is 0.475. The second-order valence-corrected chi connectivity index (χ2v) is 9.91. The number of methoxy groups -OCH3 is 1. The van der Waals surface area contributed by atoms with Crippen LogP contribution in [0.2, 0.25) is 0 Å². The Bertz CT molecular complexity index is 1250. The third-order valence-corrected chi connectivity index (χ3v) is 7.85. The first-order valence-corrected chi connectivity index (χ1v) is 12.2. The summed E-state index contributed by atoms with van der Waals surface area (Å²) >= 11 is 0. The van der Waals surface area contributed by atoms with Gasteiger partial charge in [-0.3, -0.25) is 9.80 Å². The van der Waals surface area contributed by atoms with Gasteiger partial charge in [-0.15, -0.1) is 0 Å². The van der Waals surface area contributed by atoms with Gasteiger partial charge in [-0.05, 0) is 55.2 Å². The highest BCUT2D eigenvalue weighted by molar-refractivity contribution is 5.88. The summed E-state index contributed by atoms with van der Waals surface area (Å²) in [6, 6.07) is 10.7. The number of aromatic carboxylic acids is 1. The molecule has 1 aromatic heterocycles. The highest BCUT2D eigenvalue weighted by Crippen LogP contribution is 2.44. The third kappa shape index (κ3) is 4.57. The van der Waals surface area contributed by atoms with Crippen LogP contribution in [-0.2, 0) is 6.54 Å². The molecular formula is C27H30F3N3O3. The molecule has 0 radical (unpaired) electrons. The van der Waals surface area contributed by atoms with E-state index in [1.165, 1.54) is 0 Å². The minimum Gasteiger partial charge on any atom is -0.496 e. The number of piperazine rings is 1. The van der Waals surface area contributed by atoms with Crippen molar-refractivity contribution in [2.45, 2.75) is 44.6 Å². The van der Waals surface area contributed by atoms with E-state index >= 15 is 0 Å². The van der Waals surface area contributed by atoms with Crippen LogP contribution < -0.4 is 4.74 Å². The molecule has 36 heavy (non-hydrogen) atoms. The number of benzene rings is 2. The van der Waals surface area contributed by atoms with E-state index in [4.69, 9.17) is 4.74 Å². The van der Waals surface area contributed by atoms with Gasteiger partial charge in [0, 0.05) is 60.9 Å². The average Bonchev–Trinajstić information content (AvgIpc) is 3.30. The standard InChI is InChI=1S/C27H30F3N3O3/c1-16-11-24(36-2)22(21-7-8-31-25(16)21)14-33-10-9-32(20-12-19(13-20)27(28,29)30)15-23(33)17-3-5-18(6-4-17)26(34)35/h3-8,11,19-20,23,31H,9-10,12-15H2,1-2H3,(H,34,35)/t19?,20?,23-/m0/s1. The lowest BCUT2D eigenvalue weighted by atomic mass is 9.78. The largest absolute Gasteiger partial charge is 0.496 e. The lowest BCUT2D eigenvalue weighted by molar-refractivity contribution is -0.208. The van der Waals surface area contributed by atoms with Gasteiger partial charge in [0.2, 0.25) is 0 Å². The maximum Gasteiger partial charge on any atom is 0.391 e. The molecule has 9 heteroatoms. The number of carboxylic acids is 1. The number of rotatable bonds is 6. The van der Waals surface area contributed by atoms with Crippen molar-refractivity contribution < 1.29 is 27.8 Å². The Labute approximate surface area is 207 Å². The summed E-state index contributed by atoms with van der Waals surface area (Å²) in [6.45, 7) is 4.59. The lowest BCUT2D eigenvalue weighted by Crippen LogP contribution is -2.56. The summed E-state index contributed by atoms with van der Waals surface area (Å²) in [7, 11) is 1.66. The van der Waals surface area contributed by atoms with Crippen LogP contribution in [0.5, 0.6) is 5.75 Å². The molecule has 1 aliphatic carbocycles. The van der Waals surface area contributed by atoms with E-state index in [1.807, 2.05) is 37.4 Å². The van der Waals surface area contributed by atoms with Crippen molar-refractivity contribution in [3.8, 4) is 5.75 Å². The van der Waals surface area contributed by atoms with Crippen molar-refractivity contribution in [3.63, 3.8) is 0 Å². The Morgan fingerprint density at radius 1 is 1.17 bits per heavy atom. The molecule has 0 spiro atoms. The minimum absolute atomic E-state index is 0.0788. The number of aryl methyl sites for hydroxylation is 1. The van der Waals surface area contributed by atoms with E-state index in [1.54, 1.807) is 19.2 Å². The van der Waals surface area contributed by atoms with Gasteiger partial charge in [0.15, 0.2) is 0 Å². The van der Waals surface area contributed by atoms with Crippen LogP contribution in [0.1, 0.15) is 45.9 Å². The molecule has 2 N–H and O–H groups in total. The van der Waals surface area contributed by atoms with Crippen LogP contribution in [0, 0.1) is 12.8 Å². The Morgan fingerprint density at radius 3 is 2.53 bits per heavy atom. The maximum absolute atomic E-state index is 13.1. The molecule has 1 aliphatic heterocycles. The van der Waals surface area contributed by atoms with Crippen molar-refractivity contribution in [3.05, 3.63) is 64.8 Å². The van der Waals surface area contributed by atoms with E-state index < -0.39 is 18.1 Å². The fourth-order valence-electron chi connectivity index (χ4n) is 5.66. The SMILES string of the molecule is COc1cc(C)c2[nH]ccc2c1CN1CCN(C2CC(C(F)(F)F)C2)C[C@H]1c1ccc(C(=O)O)cc1. The maximum atomic E-state index is 13.1. The number of carboxylic acid groups (broad SMARTS) is 1. The number of alkyl halides is 3. The molecule has 0 bridgehead atoms. The monoisotopic (exact) mass is 501 g/mol. The van der Waals surface area contributed by atoms with Crippen molar-refractivity contribution >= 4 is 16.9 Å². The number of hydrogen-bond acceptors (Lipinski definition) is 4. The fraction of sp³-hybridized carbons (Fsp3) is 0.444. The molecule has 1 atom stereocenters. The van der Waals surface area contributed by atoms with Gasteiger partial charge >= 0.3 is 12.1 Å². The van der Waals surface area contributed by atoms with Crippen molar-refractivity contribution in [2.24, 2.45) is 5.92 Å². The summed E-state index contributed by atoms with van der Waals surface area (Å²) in [6.07, 6.45) is -1.93. The van der Waals surface area contributed by atoms with Gasteiger partial charge in [0.25, 0.3) is 0 Å². The van der Waals surface area contributed by atoms with E-state index in [2.05, 4.69) is 14.8 Å². The molecule has 5 rings (SSSR count). The number of hydrogen-bond donors (Lipinski definition) is 2. The summed E-state index contributed by atoms with van der Waals surface area (Å²) in [5.74, 6) is -1.41. The summed E-state index contributed by atoms with van der Waals surface area (Å²) in [4.78, 5) is 19.2. The van der Waals surface area contributed by atoms with Gasteiger partial charge in [-0.25, -0.2) is 4.79 Å². The second kappa shape index (κ2) is 9.44. The van der Waals surface area contributed by atoms with Crippen LogP contribution in [-0.4, -0.2) is 64.8 Å². The first kappa shape index (κ1) is 24.6. The third-order valence-electron chi connectivity index (χ3n) is 7.85. The number of aromatic nitrogens is 1. The Hall–Kier alpha value is -3.04. The Morgan fingerprint density at radius 2 is 1.89 bits per heavy atom. The van der Waals surface area contributed by atoms with E-state index in [9.17, 15) is 23.1 Å². The molecule has 1 saturated carbocycles. The van der Waals surface area contributed by atoms with E-state index in [-0.39, 0.29) is 30.5 Å². The zero-order chi connectivity index (χ0) is 25.6. The van der Waals surface area contributed by atoms with Crippen molar-refractivity contribution in [1.29, 1.82) is 0 Å². The number of fused-ring (bicyclic) bond motifs is 1. The normalized spacial score (nSPS) is 23.5. The number of halogens is 3. The highest BCUT2D eigenvalue weighted by Gasteiger charge is 2.50. The van der Waals surface area contributed by atoms with Crippen LogP contribution >= 0.6 is 0 Å². The number of nitrogens with zero attached hydrogens (tertiary/aromatic N) is 2. The molecule has 6 nitrogen and oxygen atoms in total. The molecule has 2 aliphatic rings. The molecule has 2 heterocycles. The van der Waals surface area contributed by atoms with Crippen molar-refractivity contribution in [1.82, 2.24) is 14.8 Å². The van der Waals surface area contributed by atoms with Gasteiger partial charge in [0.05, 0.1) is 18.6 Å². The van der Waals surface area contributed by atoms with Gasteiger partial charge in [0.1, 0.15) is 5.75 Å². The Balaban J connectivity index is 1.43. The molecule has 1 saturated heterocycles. The molecular weight excluding hydrogens is 471 g/mol. The second-order valence-electron chi connectivity index (χ2n) is 9.91. The zero-order valence-electron chi connectivity index (χ0n) is 20.3. The molecule has 0 amide bonds. The highest BCUT2D eigenvalue weighted by atomic mass is 19.4. The molecule has 2 aromatic carbocycles. The number of H-pyrrole nitrogens is 1. The zero-order valence-corrected chi connectivity index (χ0v) is 20.3. The van der Waals surface area contributed by atoms with E-state index in [0.717, 1.165) is 33.3 Å².